The van der Waals surface area contributed by atoms with E-state index in [2.05, 4.69) is 18.7 Å². The molecule has 1 fully saturated rings. The van der Waals surface area contributed by atoms with E-state index in [0.717, 1.165) is 31.5 Å². The van der Waals surface area contributed by atoms with Gasteiger partial charge in [0.2, 0.25) is 0 Å². The first-order valence-electron chi connectivity index (χ1n) is 7.62. The predicted molar refractivity (Wildman–Crippen MR) is 99.5 cm³/mol. The Morgan fingerprint density at radius 3 is 2.35 bits per heavy atom. The van der Waals surface area contributed by atoms with Gasteiger partial charge in [0.05, 0.1) is 4.91 Å². The van der Waals surface area contributed by atoms with E-state index in [4.69, 9.17) is 12.2 Å². The van der Waals surface area contributed by atoms with Crippen molar-refractivity contribution < 1.29 is 9.59 Å². The fourth-order valence-electron chi connectivity index (χ4n) is 2.30. The first-order valence-corrected chi connectivity index (χ1v) is 8.84. The van der Waals surface area contributed by atoms with E-state index in [-0.39, 0.29) is 5.91 Å². The summed E-state index contributed by atoms with van der Waals surface area (Å²) >= 11 is 6.67. The number of hydrogen-bond donors (Lipinski definition) is 0. The van der Waals surface area contributed by atoms with Gasteiger partial charge < -0.3 is 4.90 Å². The lowest BCUT2D eigenvalue weighted by Gasteiger charge is -2.21. The van der Waals surface area contributed by atoms with Crippen molar-refractivity contribution in [3.8, 4) is 0 Å². The van der Waals surface area contributed by atoms with E-state index in [9.17, 15) is 9.59 Å². The molecule has 0 unspecified atom stereocenters. The zero-order chi connectivity index (χ0) is 16.8. The summed E-state index contributed by atoms with van der Waals surface area (Å²) in [6.45, 7) is 7.58. The van der Waals surface area contributed by atoms with Crippen molar-refractivity contribution in [3.05, 3.63) is 40.3 Å². The van der Waals surface area contributed by atoms with Gasteiger partial charge >= 0.3 is 0 Å². The minimum Gasteiger partial charge on any atom is -0.302 e. The summed E-state index contributed by atoms with van der Waals surface area (Å²) in [5, 5.41) is 0. The van der Waals surface area contributed by atoms with Gasteiger partial charge in [0.1, 0.15) is 10.6 Å². The number of carbonyl (C=O) groups is 2. The van der Waals surface area contributed by atoms with Crippen LogP contribution < -0.4 is 0 Å². The molecule has 1 aromatic carbocycles. The van der Waals surface area contributed by atoms with E-state index in [1.54, 1.807) is 17.0 Å². The predicted octanol–water partition coefficient (Wildman–Crippen LogP) is 3.04. The van der Waals surface area contributed by atoms with Crippen molar-refractivity contribution in [2.75, 3.05) is 26.2 Å². The highest BCUT2D eigenvalue weighted by atomic mass is 32.2. The minimum atomic E-state index is -0.0355. The van der Waals surface area contributed by atoms with Crippen LogP contribution in [0.5, 0.6) is 0 Å². The van der Waals surface area contributed by atoms with Gasteiger partial charge in [-0.3, -0.25) is 14.5 Å². The molecule has 0 atom stereocenters. The molecule has 0 aliphatic carbocycles. The average Bonchev–Trinajstić information content (AvgIpc) is 2.83. The summed E-state index contributed by atoms with van der Waals surface area (Å²) in [4.78, 5) is 27.8. The first kappa shape index (κ1) is 17.8. The SMILES string of the molecule is CCN(CC)CCN1C(=O)/C(=C\c2ccc(C=O)cc2)SC1=S. The molecule has 2 rings (SSSR count). The Labute approximate surface area is 146 Å². The van der Waals surface area contributed by atoms with Gasteiger partial charge in [-0.1, -0.05) is 62.1 Å². The van der Waals surface area contributed by atoms with Crippen molar-refractivity contribution in [1.82, 2.24) is 9.80 Å². The Bertz CT molecular complexity index is 622. The highest BCUT2D eigenvalue weighted by molar-refractivity contribution is 8.26. The molecule has 0 saturated carbocycles. The minimum absolute atomic E-state index is 0.0355. The standard InChI is InChI=1S/C17H20N2O2S2/c1-3-18(4-2)9-10-19-16(21)15(23-17(19)22)11-13-5-7-14(12-20)8-6-13/h5-8,11-12H,3-4,9-10H2,1-2H3/b15-11+. The van der Waals surface area contributed by atoms with Gasteiger partial charge in [0, 0.05) is 18.7 Å². The number of benzene rings is 1. The molecule has 23 heavy (non-hydrogen) atoms. The molecule has 1 amide bonds. The number of rotatable bonds is 7. The van der Waals surface area contributed by atoms with Crippen LogP contribution in [0.1, 0.15) is 29.8 Å². The number of aldehydes is 1. The lowest BCUT2D eigenvalue weighted by Crippen LogP contribution is -2.37. The lowest BCUT2D eigenvalue weighted by atomic mass is 10.1. The average molecular weight is 348 g/mol. The Morgan fingerprint density at radius 1 is 1.17 bits per heavy atom. The summed E-state index contributed by atoms with van der Waals surface area (Å²) < 4.78 is 0.609. The Kier molecular flexibility index (Phi) is 6.50. The highest BCUT2D eigenvalue weighted by Crippen LogP contribution is 2.32. The van der Waals surface area contributed by atoms with Crippen molar-refractivity contribution in [1.29, 1.82) is 0 Å². The molecule has 0 radical (unpaired) electrons. The third-order valence-corrected chi connectivity index (χ3v) is 5.16. The van der Waals surface area contributed by atoms with Crippen molar-refractivity contribution >= 4 is 46.6 Å². The molecule has 0 aromatic heterocycles. The summed E-state index contributed by atoms with van der Waals surface area (Å²) in [7, 11) is 0. The largest absolute Gasteiger partial charge is 0.302 e. The smallest absolute Gasteiger partial charge is 0.266 e. The van der Waals surface area contributed by atoms with Gasteiger partial charge in [0.15, 0.2) is 0 Å². The van der Waals surface area contributed by atoms with E-state index in [0.29, 0.717) is 21.3 Å². The highest BCUT2D eigenvalue weighted by Gasteiger charge is 2.31. The molecule has 1 aliphatic heterocycles. The topological polar surface area (TPSA) is 40.6 Å². The van der Waals surface area contributed by atoms with Gasteiger partial charge in [-0.05, 0) is 24.7 Å². The van der Waals surface area contributed by atoms with Crippen molar-refractivity contribution in [2.24, 2.45) is 0 Å². The Balaban J connectivity index is 2.07. The van der Waals surface area contributed by atoms with Crippen LogP contribution in [-0.2, 0) is 4.79 Å². The molecular weight excluding hydrogens is 328 g/mol. The molecule has 6 heteroatoms. The van der Waals surface area contributed by atoms with Gasteiger partial charge in [-0.2, -0.15) is 0 Å². The fourth-order valence-corrected chi connectivity index (χ4v) is 3.60. The van der Waals surface area contributed by atoms with Crippen LogP contribution in [0.2, 0.25) is 0 Å². The molecular formula is C17H20N2O2S2. The Hall–Kier alpha value is -1.50. The van der Waals surface area contributed by atoms with Crippen LogP contribution in [0.15, 0.2) is 29.2 Å². The second-order valence-electron chi connectivity index (χ2n) is 5.14. The van der Waals surface area contributed by atoms with Crippen molar-refractivity contribution in [2.45, 2.75) is 13.8 Å². The second kappa shape index (κ2) is 8.38. The molecule has 0 spiro atoms. The van der Waals surface area contributed by atoms with Gasteiger partial charge in [-0.15, -0.1) is 0 Å². The molecule has 4 nitrogen and oxygen atoms in total. The molecule has 0 N–H and O–H groups in total. The van der Waals surface area contributed by atoms with Gasteiger partial charge in [0.25, 0.3) is 5.91 Å². The molecule has 122 valence electrons. The third kappa shape index (κ3) is 4.50. The number of thioether (sulfide) groups is 1. The summed E-state index contributed by atoms with van der Waals surface area (Å²) in [5.74, 6) is -0.0355. The van der Waals surface area contributed by atoms with Crippen molar-refractivity contribution in [3.63, 3.8) is 0 Å². The number of thiocarbonyl (C=S) groups is 1. The van der Waals surface area contributed by atoms with E-state index >= 15 is 0 Å². The quantitative estimate of drug-likeness (QED) is 0.430. The monoisotopic (exact) mass is 348 g/mol. The second-order valence-corrected chi connectivity index (χ2v) is 6.82. The van der Waals surface area contributed by atoms with Crippen LogP contribution >= 0.6 is 24.0 Å². The van der Waals surface area contributed by atoms with E-state index < -0.39 is 0 Å². The molecule has 0 bridgehead atoms. The third-order valence-electron chi connectivity index (χ3n) is 3.78. The van der Waals surface area contributed by atoms with E-state index in [1.165, 1.54) is 11.8 Å². The Morgan fingerprint density at radius 2 is 1.78 bits per heavy atom. The number of amides is 1. The number of likely N-dealkylation sites (N-methyl/N-ethyl adjacent to an activating group) is 1. The van der Waals surface area contributed by atoms with Crippen LogP contribution in [0.25, 0.3) is 6.08 Å². The zero-order valence-electron chi connectivity index (χ0n) is 13.3. The van der Waals surface area contributed by atoms with Crippen LogP contribution in [-0.4, -0.2) is 52.5 Å². The molecule has 1 aromatic rings. The molecule has 1 saturated heterocycles. The summed E-state index contributed by atoms with van der Waals surface area (Å²) in [6, 6.07) is 7.12. The van der Waals surface area contributed by atoms with Gasteiger partial charge in [-0.25, -0.2) is 0 Å². The summed E-state index contributed by atoms with van der Waals surface area (Å²) in [6.07, 6.45) is 2.63. The molecule has 1 heterocycles. The number of hydrogen-bond acceptors (Lipinski definition) is 5. The van der Waals surface area contributed by atoms with Crippen LogP contribution in [0.4, 0.5) is 0 Å². The maximum Gasteiger partial charge on any atom is 0.266 e. The summed E-state index contributed by atoms with van der Waals surface area (Å²) in [5.41, 5.74) is 1.51. The fraction of sp³-hybridized carbons (Fsp3) is 0.353. The lowest BCUT2D eigenvalue weighted by molar-refractivity contribution is -0.122. The number of carbonyl (C=O) groups excluding carboxylic acids is 2. The van der Waals surface area contributed by atoms with Crippen LogP contribution in [0, 0.1) is 0 Å². The first-order chi connectivity index (χ1) is 11.1. The normalized spacial score (nSPS) is 16.7. The number of nitrogens with zero attached hydrogens (tertiary/aromatic N) is 2. The van der Waals surface area contributed by atoms with E-state index in [1.807, 2.05) is 18.2 Å². The van der Waals surface area contributed by atoms with Crippen LogP contribution in [0.3, 0.4) is 0 Å². The zero-order valence-corrected chi connectivity index (χ0v) is 15.0. The molecule has 1 aliphatic rings. The maximum atomic E-state index is 12.5. The maximum absolute atomic E-state index is 12.5.